The van der Waals surface area contributed by atoms with E-state index in [1.54, 1.807) is 6.92 Å². The average Bonchev–Trinajstić information content (AvgIpc) is 2.75. The van der Waals surface area contributed by atoms with Crippen molar-refractivity contribution >= 4 is 27.6 Å². The molecule has 0 saturated carbocycles. The summed E-state index contributed by atoms with van der Waals surface area (Å²) in [5.74, 6) is 0.598. The number of isocyanates is 1. The molecule has 0 unspecified atom stereocenters. The Morgan fingerprint density at radius 2 is 2.00 bits per heavy atom. The summed E-state index contributed by atoms with van der Waals surface area (Å²) in [5, 5.41) is 3.54. The van der Waals surface area contributed by atoms with Crippen LogP contribution in [0.4, 0.5) is 11.5 Å². The molecule has 0 bridgehead atoms. The number of aryl methyl sites for hydroxylation is 1. The normalized spacial score (nSPS) is 10.8. The molecule has 0 radical (unpaired) electrons. The van der Waals surface area contributed by atoms with Crippen LogP contribution in [0.2, 0.25) is 0 Å². The van der Waals surface area contributed by atoms with Crippen molar-refractivity contribution in [3.63, 3.8) is 0 Å². The second kappa shape index (κ2) is 5.05. The number of aliphatic imine (C=N–C) groups is 1. The Kier molecular flexibility index (Phi) is 3.46. The van der Waals surface area contributed by atoms with Crippen LogP contribution in [-0.4, -0.2) is 19.7 Å². The zero-order chi connectivity index (χ0) is 13.9. The number of benzene rings is 1. The predicted octanol–water partition coefficient (Wildman–Crippen LogP) is 1.75. The summed E-state index contributed by atoms with van der Waals surface area (Å²) in [5.41, 5.74) is 0.325. The highest BCUT2D eigenvalue weighted by atomic mass is 32.2. The fraction of sp³-hybridized carbons (Fsp3) is 0.0909. The van der Waals surface area contributed by atoms with Crippen molar-refractivity contribution in [3.8, 4) is 0 Å². The fourth-order valence-electron chi connectivity index (χ4n) is 1.36. The van der Waals surface area contributed by atoms with E-state index in [1.807, 2.05) is 0 Å². The van der Waals surface area contributed by atoms with Crippen molar-refractivity contribution in [2.24, 2.45) is 4.99 Å². The summed E-state index contributed by atoms with van der Waals surface area (Å²) in [4.78, 5) is 13.5. The van der Waals surface area contributed by atoms with Gasteiger partial charge in [0.25, 0.3) is 10.0 Å². The maximum absolute atomic E-state index is 12.0. The molecular weight excluding hydrogens is 270 g/mol. The van der Waals surface area contributed by atoms with Crippen molar-refractivity contribution in [3.05, 3.63) is 36.1 Å². The fourth-order valence-corrected chi connectivity index (χ4v) is 2.35. The van der Waals surface area contributed by atoms with Crippen molar-refractivity contribution in [1.82, 2.24) is 5.16 Å². The van der Waals surface area contributed by atoms with E-state index in [0.29, 0.717) is 11.4 Å². The molecule has 8 heteroatoms. The number of hydrogen-bond acceptors (Lipinski definition) is 6. The highest BCUT2D eigenvalue weighted by Crippen LogP contribution is 2.19. The van der Waals surface area contributed by atoms with Gasteiger partial charge in [0, 0.05) is 6.07 Å². The molecule has 19 heavy (non-hydrogen) atoms. The van der Waals surface area contributed by atoms with Crippen LogP contribution in [0.5, 0.6) is 0 Å². The smallest absolute Gasteiger partial charge is 0.263 e. The summed E-state index contributed by atoms with van der Waals surface area (Å²) in [6.07, 6.45) is 1.37. The summed E-state index contributed by atoms with van der Waals surface area (Å²) in [6, 6.07) is 6.90. The van der Waals surface area contributed by atoms with Crippen LogP contribution in [-0.2, 0) is 14.8 Å². The lowest BCUT2D eigenvalue weighted by atomic mass is 10.3. The van der Waals surface area contributed by atoms with Gasteiger partial charge in [0.05, 0.1) is 10.6 Å². The molecule has 1 heterocycles. The van der Waals surface area contributed by atoms with E-state index in [4.69, 9.17) is 4.52 Å². The van der Waals surface area contributed by atoms with Crippen LogP contribution in [0.1, 0.15) is 5.76 Å². The highest BCUT2D eigenvalue weighted by Gasteiger charge is 2.15. The van der Waals surface area contributed by atoms with Gasteiger partial charge in [0.1, 0.15) is 5.76 Å². The molecule has 0 fully saturated rings. The number of rotatable bonds is 4. The Morgan fingerprint density at radius 3 is 2.53 bits per heavy atom. The lowest BCUT2D eigenvalue weighted by Gasteiger charge is -2.04. The highest BCUT2D eigenvalue weighted by molar-refractivity contribution is 7.92. The van der Waals surface area contributed by atoms with Gasteiger partial charge < -0.3 is 4.52 Å². The van der Waals surface area contributed by atoms with Crippen molar-refractivity contribution in [2.75, 3.05) is 4.72 Å². The van der Waals surface area contributed by atoms with Gasteiger partial charge in [-0.05, 0) is 31.2 Å². The first kappa shape index (κ1) is 13.0. The monoisotopic (exact) mass is 279 g/mol. The summed E-state index contributed by atoms with van der Waals surface area (Å²) >= 11 is 0. The minimum absolute atomic E-state index is 0.0259. The van der Waals surface area contributed by atoms with Gasteiger partial charge in [0.2, 0.25) is 6.08 Å². The van der Waals surface area contributed by atoms with Crippen LogP contribution >= 0.6 is 0 Å². The lowest BCUT2D eigenvalue weighted by molar-refractivity contribution is 0.400. The largest absolute Gasteiger partial charge is 0.360 e. The molecule has 0 aliphatic heterocycles. The van der Waals surface area contributed by atoms with Gasteiger partial charge >= 0.3 is 0 Å². The molecule has 7 nitrogen and oxygen atoms in total. The van der Waals surface area contributed by atoms with Gasteiger partial charge in [0.15, 0.2) is 5.82 Å². The van der Waals surface area contributed by atoms with Gasteiger partial charge in [-0.1, -0.05) is 5.16 Å². The molecule has 98 valence electrons. The molecule has 2 aromatic rings. The van der Waals surface area contributed by atoms with E-state index in [9.17, 15) is 13.2 Å². The number of nitrogens with one attached hydrogen (secondary N) is 1. The minimum atomic E-state index is -3.74. The third-order valence-corrected chi connectivity index (χ3v) is 3.56. The van der Waals surface area contributed by atoms with Crippen LogP contribution in [0, 0.1) is 6.92 Å². The Hall–Kier alpha value is -2.44. The number of aromatic nitrogens is 1. The molecule has 0 amide bonds. The van der Waals surface area contributed by atoms with Gasteiger partial charge in [-0.15, -0.1) is 0 Å². The Bertz CT molecular complexity index is 728. The predicted molar refractivity (Wildman–Crippen MR) is 66.3 cm³/mol. The van der Waals surface area contributed by atoms with Gasteiger partial charge in [-0.2, -0.15) is 4.99 Å². The first-order valence-corrected chi connectivity index (χ1v) is 6.64. The zero-order valence-corrected chi connectivity index (χ0v) is 10.6. The van der Waals surface area contributed by atoms with Crippen LogP contribution in [0.3, 0.4) is 0 Å². The van der Waals surface area contributed by atoms with Crippen molar-refractivity contribution in [1.29, 1.82) is 0 Å². The standard InChI is InChI=1S/C11H9N3O4S/c1-8-6-11(13-18-8)14-19(16,17)10-4-2-9(3-5-10)12-7-15/h2-6H,1H3,(H,13,14). The van der Waals surface area contributed by atoms with E-state index >= 15 is 0 Å². The molecule has 1 aromatic heterocycles. The molecule has 0 atom stereocenters. The minimum Gasteiger partial charge on any atom is -0.360 e. The second-order valence-electron chi connectivity index (χ2n) is 3.63. The van der Waals surface area contributed by atoms with Crippen LogP contribution in [0.15, 0.2) is 44.7 Å². The molecule has 1 N–H and O–H groups in total. The first-order chi connectivity index (χ1) is 9.01. The molecule has 0 spiro atoms. The zero-order valence-electron chi connectivity index (χ0n) is 9.82. The number of sulfonamides is 1. The topological polar surface area (TPSA) is 102 Å². The molecule has 1 aromatic carbocycles. The van der Waals surface area contributed by atoms with E-state index < -0.39 is 10.0 Å². The number of nitrogens with zero attached hydrogens (tertiary/aromatic N) is 2. The quantitative estimate of drug-likeness (QED) is 0.678. The van der Waals surface area contributed by atoms with Crippen molar-refractivity contribution < 1.29 is 17.7 Å². The van der Waals surface area contributed by atoms with Crippen molar-refractivity contribution in [2.45, 2.75) is 11.8 Å². The number of anilines is 1. The van der Waals surface area contributed by atoms with Gasteiger partial charge in [-0.3, -0.25) is 4.72 Å². The first-order valence-electron chi connectivity index (χ1n) is 5.15. The number of carbonyl (C=O) groups excluding carboxylic acids is 1. The summed E-state index contributed by atoms with van der Waals surface area (Å²) in [7, 11) is -3.74. The molecule has 2 rings (SSSR count). The van der Waals surface area contributed by atoms with Crippen LogP contribution in [0.25, 0.3) is 0 Å². The third-order valence-electron chi connectivity index (χ3n) is 2.19. The van der Waals surface area contributed by atoms with E-state index in [1.165, 1.54) is 36.4 Å². The average molecular weight is 279 g/mol. The molecule has 0 saturated heterocycles. The summed E-state index contributed by atoms with van der Waals surface area (Å²) < 4.78 is 31.0. The SMILES string of the molecule is Cc1cc(NS(=O)(=O)c2ccc(N=C=O)cc2)no1. The number of hydrogen-bond donors (Lipinski definition) is 1. The molecule has 0 aliphatic carbocycles. The van der Waals surface area contributed by atoms with Gasteiger partial charge in [-0.25, -0.2) is 13.2 Å². The Morgan fingerprint density at radius 1 is 1.32 bits per heavy atom. The lowest BCUT2D eigenvalue weighted by Crippen LogP contribution is -2.12. The van der Waals surface area contributed by atoms with Crippen LogP contribution < -0.4 is 4.72 Å². The van der Waals surface area contributed by atoms with E-state index in [2.05, 4.69) is 14.9 Å². The maximum Gasteiger partial charge on any atom is 0.263 e. The maximum atomic E-state index is 12.0. The molecule has 0 aliphatic rings. The Labute approximate surface area is 109 Å². The molecular formula is C11H9N3O4S. The Balaban J connectivity index is 2.26. The second-order valence-corrected chi connectivity index (χ2v) is 5.31. The van der Waals surface area contributed by atoms with E-state index in [0.717, 1.165) is 0 Å². The third kappa shape index (κ3) is 3.06. The van der Waals surface area contributed by atoms with E-state index in [-0.39, 0.29) is 10.7 Å². The summed E-state index contributed by atoms with van der Waals surface area (Å²) in [6.45, 7) is 1.65.